The van der Waals surface area contributed by atoms with Crippen LogP contribution in [0.5, 0.6) is 5.75 Å². The fourth-order valence-corrected chi connectivity index (χ4v) is 2.57. The molecule has 1 aliphatic rings. The molecule has 1 heterocycles. The van der Waals surface area contributed by atoms with Crippen LogP contribution in [0.4, 0.5) is 0 Å². The third kappa shape index (κ3) is 4.37. The maximum absolute atomic E-state index is 6.10. The molecule has 4 heteroatoms. The van der Waals surface area contributed by atoms with Gasteiger partial charge in [0.05, 0.1) is 6.61 Å². The molecule has 0 atom stereocenters. The second-order valence-corrected chi connectivity index (χ2v) is 5.65. The molecular weight excluding hydrogens is 260 g/mol. The van der Waals surface area contributed by atoms with Crippen LogP contribution in [0.25, 0.3) is 0 Å². The number of nitrogens with two attached hydrogens (primary N) is 1. The summed E-state index contributed by atoms with van der Waals surface area (Å²) in [4.78, 5) is 2.42. The van der Waals surface area contributed by atoms with Crippen molar-refractivity contribution >= 4 is 11.6 Å². The summed E-state index contributed by atoms with van der Waals surface area (Å²) in [6.45, 7) is 5.87. The quantitative estimate of drug-likeness (QED) is 0.902. The molecule has 0 radical (unpaired) electrons. The van der Waals surface area contributed by atoms with E-state index in [1.807, 2.05) is 18.2 Å². The highest BCUT2D eigenvalue weighted by molar-refractivity contribution is 6.30. The molecule has 2 N–H and O–H groups in total. The van der Waals surface area contributed by atoms with Gasteiger partial charge in [0.15, 0.2) is 0 Å². The minimum absolute atomic E-state index is 0.367. The van der Waals surface area contributed by atoms with Gasteiger partial charge in [-0.25, -0.2) is 0 Å². The molecule has 2 rings (SSSR count). The highest BCUT2D eigenvalue weighted by Gasteiger charge is 2.17. The molecule has 0 aromatic heterocycles. The van der Waals surface area contributed by atoms with Crippen LogP contribution in [-0.2, 0) is 6.54 Å². The lowest BCUT2D eigenvalue weighted by Gasteiger charge is -2.30. The fourth-order valence-electron chi connectivity index (χ4n) is 2.38. The predicted molar refractivity (Wildman–Crippen MR) is 79.7 cm³/mol. The van der Waals surface area contributed by atoms with Crippen molar-refractivity contribution in [3.05, 3.63) is 28.8 Å². The Balaban J connectivity index is 2.02. The minimum Gasteiger partial charge on any atom is -0.493 e. The summed E-state index contributed by atoms with van der Waals surface area (Å²) in [5, 5.41) is 0.771. The smallest absolute Gasteiger partial charge is 0.123 e. The monoisotopic (exact) mass is 282 g/mol. The second-order valence-electron chi connectivity index (χ2n) is 5.21. The van der Waals surface area contributed by atoms with E-state index in [9.17, 15) is 0 Å². The summed E-state index contributed by atoms with van der Waals surface area (Å²) < 4.78 is 5.79. The van der Waals surface area contributed by atoms with Crippen molar-refractivity contribution in [3.63, 3.8) is 0 Å². The maximum atomic E-state index is 6.10. The van der Waals surface area contributed by atoms with Crippen LogP contribution in [0.3, 0.4) is 0 Å². The largest absolute Gasteiger partial charge is 0.493 e. The Labute approximate surface area is 120 Å². The molecule has 1 aliphatic heterocycles. The van der Waals surface area contributed by atoms with Crippen molar-refractivity contribution in [2.24, 2.45) is 5.73 Å². The van der Waals surface area contributed by atoms with Crippen LogP contribution in [0.15, 0.2) is 18.2 Å². The van der Waals surface area contributed by atoms with Gasteiger partial charge in [0.25, 0.3) is 0 Å². The van der Waals surface area contributed by atoms with Crippen molar-refractivity contribution in [2.45, 2.75) is 38.8 Å². The first-order valence-electron chi connectivity index (χ1n) is 7.08. The predicted octanol–water partition coefficient (Wildman–Crippen LogP) is 3.05. The summed E-state index contributed by atoms with van der Waals surface area (Å²) in [6, 6.07) is 6.25. The van der Waals surface area contributed by atoms with E-state index in [0.717, 1.165) is 56.3 Å². The molecule has 1 aromatic rings. The summed E-state index contributed by atoms with van der Waals surface area (Å²) in [5.41, 5.74) is 7.11. The van der Waals surface area contributed by atoms with E-state index in [-0.39, 0.29) is 0 Å². The van der Waals surface area contributed by atoms with Gasteiger partial charge < -0.3 is 10.5 Å². The van der Waals surface area contributed by atoms with Crippen LogP contribution < -0.4 is 10.5 Å². The Morgan fingerprint density at radius 2 is 2.11 bits per heavy atom. The van der Waals surface area contributed by atoms with Crippen LogP contribution in [-0.4, -0.2) is 30.6 Å². The van der Waals surface area contributed by atoms with Gasteiger partial charge in [-0.15, -0.1) is 0 Å². The molecule has 1 fully saturated rings. The summed E-state index contributed by atoms with van der Waals surface area (Å²) in [5.74, 6) is 0.959. The van der Waals surface area contributed by atoms with Crippen molar-refractivity contribution in [3.8, 4) is 5.75 Å². The van der Waals surface area contributed by atoms with Crippen LogP contribution in [0.2, 0.25) is 5.02 Å². The van der Waals surface area contributed by atoms with E-state index >= 15 is 0 Å². The average Bonchev–Trinajstić information content (AvgIpc) is 2.40. The molecule has 19 heavy (non-hydrogen) atoms. The van der Waals surface area contributed by atoms with Gasteiger partial charge in [-0.05, 0) is 50.6 Å². The van der Waals surface area contributed by atoms with Crippen molar-refractivity contribution < 1.29 is 4.74 Å². The Morgan fingerprint density at radius 3 is 2.79 bits per heavy atom. The SMILES string of the molecule is CCCOc1ccc(Cl)cc1CN1CCC(N)CC1. The van der Waals surface area contributed by atoms with Gasteiger partial charge >= 0.3 is 0 Å². The molecule has 0 aliphatic carbocycles. The normalized spacial score (nSPS) is 17.6. The lowest BCUT2D eigenvalue weighted by molar-refractivity contribution is 0.202. The Hall–Kier alpha value is -0.770. The average molecular weight is 283 g/mol. The number of halogens is 1. The zero-order valence-electron chi connectivity index (χ0n) is 11.6. The van der Waals surface area contributed by atoms with Gasteiger partial charge in [0.1, 0.15) is 5.75 Å². The molecule has 0 unspecified atom stereocenters. The third-order valence-corrected chi connectivity index (χ3v) is 3.75. The van der Waals surface area contributed by atoms with E-state index < -0.39 is 0 Å². The molecule has 3 nitrogen and oxygen atoms in total. The maximum Gasteiger partial charge on any atom is 0.123 e. The number of likely N-dealkylation sites (tertiary alicyclic amines) is 1. The molecule has 0 amide bonds. The molecule has 106 valence electrons. The van der Waals surface area contributed by atoms with E-state index in [0.29, 0.717) is 6.04 Å². The number of hydrogen-bond donors (Lipinski definition) is 1. The van der Waals surface area contributed by atoms with E-state index in [4.69, 9.17) is 22.1 Å². The van der Waals surface area contributed by atoms with Gasteiger partial charge in [-0.2, -0.15) is 0 Å². The molecule has 0 saturated carbocycles. The number of nitrogens with zero attached hydrogens (tertiary/aromatic N) is 1. The van der Waals surface area contributed by atoms with Gasteiger partial charge in [0.2, 0.25) is 0 Å². The van der Waals surface area contributed by atoms with Crippen LogP contribution in [0.1, 0.15) is 31.7 Å². The molecular formula is C15H23ClN2O. The molecule has 1 aromatic carbocycles. The highest BCUT2D eigenvalue weighted by Crippen LogP contribution is 2.25. The van der Waals surface area contributed by atoms with Gasteiger partial charge in [-0.3, -0.25) is 4.90 Å². The van der Waals surface area contributed by atoms with E-state index in [1.165, 1.54) is 5.56 Å². The fraction of sp³-hybridized carbons (Fsp3) is 0.600. The Morgan fingerprint density at radius 1 is 1.37 bits per heavy atom. The standard InChI is InChI=1S/C15H23ClN2O/c1-2-9-19-15-4-3-13(16)10-12(15)11-18-7-5-14(17)6-8-18/h3-4,10,14H,2,5-9,11,17H2,1H3. The highest BCUT2D eigenvalue weighted by atomic mass is 35.5. The van der Waals surface area contributed by atoms with E-state index in [1.54, 1.807) is 0 Å². The van der Waals surface area contributed by atoms with Crippen molar-refractivity contribution in [1.29, 1.82) is 0 Å². The minimum atomic E-state index is 0.367. The number of ether oxygens (including phenoxy) is 1. The first-order chi connectivity index (χ1) is 9.19. The second kappa shape index (κ2) is 7.13. The van der Waals surface area contributed by atoms with Crippen molar-refractivity contribution in [1.82, 2.24) is 4.90 Å². The van der Waals surface area contributed by atoms with Gasteiger partial charge in [-0.1, -0.05) is 18.5 Å². The van der Waals surface area contributed by atoms with Crippen LogP contribution >= 0.6 is 11.6 Å². The number of rotatable bonds is 5. The lowest BCUT2D eigenvalue weighted by Crippen LogP contribution is -2.39. The first-order valence-corrected chi connectivity index (χ1v) is 7.46. The lowest BCUT2D eigenvalue weighted by atomic mass is 10.1. The zero-order chi connectivity index (χ0) is 13.7. The summed E-state index contributed by atoms with van der Waals surface area (Å²) in [6.07, 6.45) is 3.16. The number of benzene rings is 1. The zero-order valence-corrected chi connectivity index (χ0v) is 12.3. The van der Waals surface area contributed by atoms with E-state index in [2.05, 4.69) is 11.8 Å². The van der Waals surface area contributed by atoms with Crippen molar-refractivity contribution in [2.75, 3.05) is 19.7 Å². The number of piperidine rings is 1. The first kappa shape index (κ1) is 14.6. The van der Waals surface area contributed by atoms with Crippen LogP contribution in [0, 0.1) is 0 Å². The number of hydrogen-bond acceptors (Lipinski definition) is 3. The molecule has 0 bridgehead atoms. The molecule has 0 spiro atoms. The summed E-state index contributed by atoms with van der Waals surface area (Å²) in [7, 11) is 0. The topological polar surface area (TPSA) is 38.5 Å². The Kier molecular flexibility index (Phi) is 5.49. The molecule has 1 saturated heterocycles. The third-order valence-electron chi connectivity index (χ3n) is 3.51. The Bertz CT molecular complexity index is 403. The van der Waals surface area contributed by atoms with Gasteiger partial charge in [0, 0.05) is 23.2 Å². The summed E-state index contributed by atoms with van der Waals surface area (Å²) >= 11 is 6.10.